The molecule has 0 saturated heterocycles. The lowest BCUT2D eigenvalue weighted by molar-refractivity contribution is -0.126. The lowest BCUT2D eigenvalue weighted by Crippen LogP contribution is -2.37. The van der Waals surface area contributed by atoms with Gasteiger partial charge in [0, 0.05) is 13.0 Å². The van der Waals surface area contributed by atoms with Crippen molar-refractivity contribution in [1.29, 1.82) is 0 Å². The van der Waals surface area contributed by atoms with Crippen LogP contribution < -0.4 is 10.6 Å². The number of hydrogen-bond acceptors (Lipinski definition) is 2. The van der Waals surface area contributed by atoms with Gasteiger partial charge in [-0.25, -0.2) is 4.39 Å². The number of amides is 2. The number of rotatable bonds is 8. The van der Waals surface area contributed by atoms with Crippen molar-refractivity contribution in [3.05, 3.63) is 71.5 Å². The summed E-state index contributed by atoms with van der Waals surface area (Å²) in [6.07, 6.45) is 1.42. The van der Waals surface area contributed by atoms with Gasteiger partial charge >= 0.3 is 0 Å². The van der Waals surface area contributed by atoms with Gasteiger partial charge in [-0.15, -0.1) is 0 Å². The Bertz CT molecular complexity index is 674. The van der Waals surface area contributed by atoms with E-state index in [9.17, 15) is 14.0 Å². The standard InChI is InChI=1S/C19H21FN2O2/c20-17-8-4-7-16(13-17)9-10-18(23)22-14-19(24)21-12-11-15-5-2-1-3-6-15/h1-8,13H,9-12,14H2,(H,21,24)(H,22,23). The monoisotopic (exact) mass is 328 g/mol. The summed E-state index contributed by atoms with van der Waals surface area (Å²) in [5.74, 6) is -0.756. The van der Waals surface area contributed by atoms with E-state index in [-0.39, 0.29) is 30.6 Å². The summed E-state index contributed by atoms with van der Waals surface area (Å²) in [4.78, 5) is 23.4. The molecular weight excluding hydrogens is 307 g/mol. The second kappa shape index (κ2) is 9.45. The predicted octanol–water partition coefficient (Wildman–Crippen LogP) is 2.23. The molecule has 0 aliphatic heterocycles. The topological polar surface area (TPSA) is 58.2 Å². The highest BCUT2D eigenvalue weighted by atomic mass is 19.1. The molecule has 0 fully saturated rings. The fraction of sp³-hybridized carbons (Fsp3) is 0.263. The molecule has 2 rings (SSSR count). The zero-order valence-electron chi connectivity index (χ0n) is 13.4. The highest BCUT2D eigenvalue weighted by Gasteiger charge is 2.06. The Hall–Kier alpha value is -2.69. The van der Waals surface area contributed by atoms with Crippen LogP contribution in [-0.4, -0.2) is 24.9 Å². The van der Waals surface area contributed by atoms with Crippen molar-refractivity contribution in [3.63, 3.8) is 0 Å². The van der Waals surface area contributed by atoms with Crippen LogP contribution in [0.3, 0.4) is 0 Å². The minimum atomic E-state index is -0.314. The number of hydrogen-bond donors (Lipinski definition) is 2. The summed E-state index contributed by atoms with van der Waals surface area (Å²) < 4.78 is 13.0. The van der Waals surface area contributed by atoms with Crippen LogP contribution in [0.15, 0.2) is 54.6 Å². The summed E-state index contributed by atoms with van der Waals surface area (Å²) in [5, 5.41) is 5.34. The molecule has 0 radical (unpaired) electrons. The Balaban J connectivity index is 1.60. The third kappa shape index (κ3) is 6.60. The van der Waals surface area contributed by atoms with E-state index >= 15 is 0 Å². The van der Waals surface area contributed by atoms with Gasteiger partial charge in [0.05, 0.1) is 6.54 Å². The average Bonchev–Trinajstić information content (AvgIpc) is 2.59. The zero-order chi connectivity index (χ0) is 17.2. The summed E-state index contributed by atoms with van der Waals surface area (Å²) in [6.45, 7) is 0.485. The van der Waals surface area contributed by atoms with E-state index < -0.39 is 0 Å². The van der Waals surface area contributed by atoms with Crippen LogP contribution in [0, 0.1) is 5.82 Å². The molecule has 0 aliphatic rings. The van der Waals surface area contributed by atoms with Crippen molar-refractivity contribution in [1.82, 2.24) is 10.6 Å². The lowest BCUT2D eigenvalue weighted by Gasteiger charge is -2.07. The molecule has 2 aromatic carbocycles. The highest BCUT2D eigenvalue weighted by molar-refractivity contribution is 5.84. The molecule has 0 aliphatic carbocycles. The van der Waals surface area contributed by atoms with Crippen molar-refractivity contribution in [2.24, 2.45) is 0 Å². The van der Waals surface area contributed by atoms with E-state index in [1.165, 1.54) is 12.1 Å². The van der Waals surface area contributed by atoms with Gasteiger partial charge in [0.1, 0.15) is 5.82 Å². The normalized spacial score (nSPS) is 10.2. The first-order chi connectivity index (χ1) is 11.6. The summed E-state index contributed by atoms with van der Waals surface area (Å²) in [6, 6.07) is 16.0. The molecule has 0 bridgehead atoms. The molecule has 0 heterocycles. The van der Waals surface area contributed by atoms with Crippen molar-refractivity contribution in [2.45, 2.75) is 19.3 Å². The fourth-order valence-electron chi connectivity index (χ4n) is 2.27. The Kier molecular flexibility index (Phi) is 6.95. The smallest absolute Gasteiger partial charge is 0.239 e. The van der Waals surface area contributed by atoms with Crippen LogP contribution in [0.1, 0.15) is 17.5 Å². The van der Waals surface area contributed by atoms with E-state index in [4.69, 9.17) is 0 Å². The third-order valence-corrected chi connectivity index (χ3v) is 3.55. The van der Waals surface area contributed by atoms with E-state index in [0.717, 1.165) is 17.5 Å². The molecule has 0 unspecified atom stereocenters. The molecule has 2 amide bonds. The van der Waals surface area contributed by atoms with Crippen LogP contribution in [-0.2, 0) is 22.4 Å². The number of benzene rings is 2. The van der Waals surface area contributed by atoms with Gasteiger partial charge in [0.15, 0.2) is 0 Å². The van der Waals surface area contributed by atoms with E-state index in [1.54, 1.807) is 12.1 Å². The number of aryl methyl sites for hydroxylation is 1. The molecule has 24 heavy (non-hydrogen) atoms. The number of halogens is 1. The number of carbonyl (C=O) groups excluding carboxylic acids is 2. The van der Waals surface area contributed by atoms with Gasteiger partial charge in [-0.2, -0.15) is 0 Å². The fourth-order valence-corrected chi connectivity index (χ4v) is 2.27. The Morgan fingerprint density at radius 2 is 1.58 bits per heavy atom. The molecule has 0 spiro atoms. The summed E-state index contributed by atoms with van der Waals surface area (Å²) in [7, 11) is 0. The van der Waals surface area contributed by atoms with Crippen LogP contribution in [0.25, 0.3) is 0 Å². The maximum atomic E-state index is 13.0. The van der Waals surface area contributed by atoms with Crippen LogP contribution >= 0.6 is 0 Å². The van der Waals surface area contributed by atoms with E-state index in [2.05, 4.69) is 10.6 Å². The summed E-state index contributed by atoms with van der Waals surface area (Å²) in [5.41, 5.74) is 1.91. The molecule has 0 saturated carbocycles. The quantitative estimate of drug-likeness (QED) is 0.781. The van der Waals surface area contributed by atoms with E-state index in [0.29, 0.717) is 13.0 Å². The minimum absolute atomic E-state index is 0.0449. The molecule has 5 heteroatoms. The Morgan fingerprint density at radius 1 is 0.833 bits per heavy atom. The Morgan fingerprint density at radius 3 is 2.33 bits per heavy atom. The van der Waals surface area contributed by atoms with Crippen molar-refractivity contribution >= 4 is 11.8 Å². The van der Waals surface area contributed by atoms with Crippen molar-refractivity contribution in [2.75, 3.05) is 13.1 Å². The Labute approximate surface area is 141 Å². The lowest BCUT2D eigenvalue weighted by atomic mass is 10.1. The summed E-state index contributed by atoms with van der Waals surface area (Å²) >= 11 is 0. The predicted molar refractivity (Wildman–Crippen MR) is 90.9 cm³/mol. The maximum absolute atomic E-state index is 13.0. The maximum Gasteiger partial charge on any atom is 0.239 e. The van der Waals surface area contributed by atoms with Crippen molar-refractivity contribution in [3.8, 4) is 0 Å². The third-order valence-electron chi connectivity index (χ3n) is 3.55. The van der Waals surface area contributed by atoms with Crippen molar-refractivity contribution < 1.29 is 14.0 Å². The molecule has 0 atom stereocenters. The first kappa shape index (κ1) is 17.7. The van der Waals surface area contributed by atoms with Gasteiger partial charge in [0.25, 0.3) is 0 Å². The van der Waals surface area contributed by atoms with Crippen LogP contribution in [0.4, 0.5) is 4.39 Å². The minimum Gasteiger partial charge on any atom is -0.354 e. The number of carbonyl (C=O) groups is 2. The molecule has 2 aromatic rings. The van der Waals surface area contributed by atoms with Gasteiger partial charge < -0.3 is 10.6 Å². The van der Waals surface area contributed by atoms with Gasteiger partial charge in [-0.1, -0.05) is 42.5 Å². The first-order valence-corrected chi connectivity index (χ1v) is 7.95. The molecular formula is C19H21FN2O2. The molecule has 126 valence electrons. The molecule has 2 N–H and O–H groups in total. The number of nitrogens with one attached hydrogen (secondary N) is 2. The van der Waals surface area contributed by atoms with Crippen LogP contribution in [0.2, 0.25) is 0 Å². The average molecular weight is 328 g/mol. The largest absolute Gasteiger partial charge is 0.354 e. The highest BCUT2D eigenvalue weighted by Crippen LogP contribution is 2.05. The van der Waals surface area contributed by atoms with E-state index in [1.807, 2.05) is 30.3 Å². The second-order valence-electron chi connectivity index (χ2n) is 5.49. The molecule has 0 aromatic heterocycles. The first-order valence-electron chi connectivity index (χ1n) is 7.95. The zero-order valence-corrected chi connectivity index (χ0v) is 13.4. The van der Waals surface area contributed by atoms with Gasteiger partial charge in [-0.3, -0.25) is 9.59 Å². The van der Waals surface area contributed by atoms with Crippen LogP contribution in [0.5, 0.6) is 0 Å². The molecule has 4 nitrogen and oxygen atoms in total. The van der Waals surface area contributed by atoms with Gasteiger partial charge in [0.2, 0.25) is 11.8 Å². The SMILES string of the molecule is O=C(CCc1cccc(F)c1)NCC(=O)NCCc1ccccc1. The second-order valence-corrected chi connectivity index (χ2v) is 5.49. The van der Waals surface area contributed by atoms with Gasteiger partial charge in [-0.05, 0) is 36.1 Å².